The van der Waals surface area contributed by atoms with E-state index in [2.05, 4.69) is 21.9 Å². The standard InChI is InChI=1S/C19H19N3O2S2/c1-3-9-20-17(23)12(2)25-11-15-21-18(24)16-14(10-26-19(16)22-15)13-7-5-4-6-8-13/h3-8,10,12H,1,9,11H2,2H3,(H,20,23)(H,21,22,24)/t12-/m0/s1. The van der Waals surface area contributed by atoms with Crippen LogP contribution in [0.5, 0.6) is 0 Å². The van der Waals surface area contributed by atoms with Crippen molar-refractivity contribution in [2.24, 2.45) is 0 Å². The fourth-order valence-electron chi connectivity index (χ4n) is 2.49. The SMILES string of the molecule is C=CCNC(=O)[C@H](C)SCc1nc2scc(-c3ccccc3)c2c(=O)[nH]1. The molecular formula is C19H19N3O2S2. The minimum Gasteiger partial charge on any atom is -0.352 e. The third-order valence-electron chi connectivity index (χ3n) is 3.84. The summed E-state index contributed by atoms with van der Waals surface area (Å²) in [5.74, 6) is 0.991. The van der Waals surface area contributed by atoms with Crippen LogP contribution in [-0.4, -0.2) is 27.7 Å². The highest BCUT2D eigenvalue weighted by Gasteiger charge is 2.16. The topological polar surface area (TPSA) is 74.8 Å². The molecule has 0 unspecified atom stereocenters. The van der Waals surface area contributed by atoms with Crippen molar-refractivity contribution in [3.8, 4) is 11.1 Å². The van der Waals surface area contributed by atoms with E-state index in [1.54, 1.807) is 6.08 Å². The Morgan fingerprint density at radius 2 is 2.19 bits per heavy atom. The second kappa shape index (κ2) is 8.33. The highest BCUT2D eigenvalue weighted by atomic mass is 32.2. The van der Waals surface area contributed by atoms with E-state index in [0.717, 1.165) is 11.1 Å². The summed E-state index contributed by atoms with van der Waals surface area (Å²) in [5, 5.41) is 5.11. The maximum atomic E-state index is 12.6. The molecule has 3 aromatic rings. The first kappa shape index (κ1) is 18.4. The van der Waals surface area contributed by atoms with Gasteiger partial charge in [0, 0.05) is 17.5 Å². The number of aromatic amines is 1. The van der Waals surface area contributed by atoms with Gasteiger partial charge in [0.15, 0.2) is 0 Å². The van der Waals surface area contributed by atoms with E-state index >= 15 is 0 Å². The first-order valence-electron chi connectivity index (χ1n) is 8.16. The second-order valence-corrected chi connectivity index (χ2v) is 7.88. The zero-order valence-electron chi connectivity index (χ0n) is 14.3. The number of hydrogen-bond donors (Lipinski definition) is 2. The lowest BCUT2D eigenvalue weighted by molar-refractivity contribution is -0.120. The van der Waals surface area contributed by atoms with Crippen LogP contribution in [0.2, 0.25) is 0 Å². The smallest absolute Gasteiger partial charge is 0.260 e. The Morgan fingerprint density at radius 3 is 2.92 bits per heavy atom. The fourth-order valence-corrected chi connectivity index (χ4v) is 4.23. The largest absolute Gasteiger partial charge is 0.352 e. The van der Waals surface area contributed by atoms with Crippen molar-refractivity contribution >= 4 is 39.2 Å². The van der Waals surface area contributed by atoms with Crippen molar-refractivity contribution in [2.45, 2.75) is 17.9 Å². The molecule has 1 aromatic carbocycles. The van der Waals surface area contributed by atoms with Gasteiger partial charge in [-0.15, -0.1) is 29.7 Å². The summed E-state index contributed by atoms with van der Waals surface area (Å²) in [6.45, 7) is 5.86. The minimum atomic E-state index is -0.237. The average molecular weight is 386 g/mol. The van der Waals surface area contributed by atoms with Gasteiger partial charge in [-0.2, -0.15) is 0 Å². The Kier molecular flexibility index (Phi) is 5.90. The van der Waals surface area contributed by atoms with Crippen molar-refractivity contribution in [1.29, 1.82) is 0 Å². The lowest BCUT2D eigenvalue weighted by Crippen LogP contribution is -2.31. The predicted octanol–water partition coefficient (Wildman–Crippen LogP) is 3.58. The van der Waals surface area contributed by atoms with Crippen LogP contribution in [0.25, 0.3) is 21.3 Å². The molecule has 1 atom stereocenters. The van der Waals surface area contributed by atoms with Gasteiger partial charge in [0.2, 0.25) is 5.91 Å². The van der Waals surface area contributed by atoms with Gasteiger partial charge in [-0.3, -0.25) is 9.59 Å². The van der Waals surface area contributed by atoms with Crippen molar-refractivity contribution in [3.63, 3.8) is 0 Å². The van der Waals surface area contributed by atoms with Crippen LogP contribution in [0.15, 0.2) is 53.2 Å². The van der Waals surface area contributed by atoms with E-state index in [4.69, 9.17) is 0 Å². The normalized spacial score (nSPS) is 12.0. The molecule has 0 saturated heterocycles. The number of fused-ring (bicyclic) bond motifs is 1. The highest BCUT2D eigenvalue weighted by molar-refractivity contribution is 7.99. The van der Waals surface area contributed by atoms with Crippen molar-refractivity contribution in [1.82, 2.24) is 15.3 Å². The molecule has 0 aliphatic heterocycles. The van der Waals surface area contributed by atoms with Gasteiger partial charge in [0.25, 0.3) is 5.56 Å². The summed E-state index contributed by atoms with van der Waals surface area (Å²) in [7, 11) is 0. The van der Waals surface area contributed by atoms with Crippen molar-refractivity contribution in [2.75, 3.05) is 6.54 Å². The zero-order valence-corrected chi connectivity index (χ0v) is 16.0. The van der Waals surface area contributed by atoms with Crippen LogP contribution >= 0.6 is 23.1 Å². The van der Waals surface area contributed by atoms with Gasteiger partial charge in [0.05, 0.1) is 16.4 Å². The van der Waals surface area contributed by atoms with Crippen LogP contribution in [-0.2, 0) is 10.5 Å². The second-order valence-electron chi connectivity index (χ2n) is 5.70. The van der Waals surface area contributed by atoms with Crippen LogP contribution in [0, 0.1) is 0 Å². The lowest BCUT2D eigenvalue weighted by atomic mass is 10.1. The van der Waals surface area contributed by atoms with Gasteiger partial charge in [0.1, 0.15) is 10.7 Å². The molecule has 2 aromatic heterocycles. The lowest BCUT2D eigenvalue weighted by Gasteiger charge is -2.10. The molecule has 0 radical (unpaired) electrons. The van der Waals surface area contributed by atoms with Crippen LogP contribution < -0.4 is 10.9 Å². The Morgan fingerprint density at radius 1 is 1.42 bits per heavy atom. The number of hydrogen-bond acceptors (Lipinski definition) is 5. The Bertz CT molecular complexity index is 979. The van der Waals surface area contributed by atoms with Crippen molar-refractivity contribution < 1.29 is 4.79 Å². The molecule has 0 aliphatic rings. The summed E-state index contributed by atoms with van der Waals surface area (Å²) in [5.41, 5.74) is 1.76. The third kappa shape index (κ3) is 4.05. The zero-order chi connectivity index (χ0) is 18.5. The van der Waals surface area contributed by atoms with E-state index in [0.29, 0.717) is 28.3 Å². The van der Waals surface area contributed by atoms with Gasteiger partial charge < -0.3 is 10.3 Å². The first-order valence-corrected chi connectivity index (χ1v) is 10.1. The van der Waals surface area contributed by atoms with E-state index in [1.807, 2.05) is 42.6 Å². The molecule has 0 fully saturated rings. The van der Waals surface area contributed by atoms with Crippen LogP contribution in [0.3, 0.4) is 0 Å². The average Bonchev–Trinajstić information content (AvgIpc) is 3.09. The van der Waals surface area contributed by atoms with Gasteiger partial charge in [-0.25, -0.2) is 4.98 Å². The number of nitrogens with one attached hydrogen (secondary N) is 2. The number of benzene rings is 1. The van der Waals surface area contributed by atoms with E-state index < -0.39 is 0 Å². The summed E-state index contributed by atoms with van der Waals surface area (Å²) >= 11 is 2.89. The number of H-pyrrole nitrogens is 1. The predicted molar refractivity (Wildman–Crippen MR) is 110 cm³/mol. The number of thiophene rings is 1. The number of carbonyl (C=O) groups is 1. The molecule has 134 valence electrons. The third-order valence-corrected chi connectivity index (χ3v) is 5.86. The van der Waals surface area contributed by atoms with E-state index in [9.17, 15) is 9.59 Å². The number of carbonyl (C=O) groups excluding carboxylic acids is 1. The molecule has 2 N–H and O–H groups in total. The van der Waals surface area contributed by atoms with Gasteiger partial charge in [-0.05, 0) is 12.5 Å². The Hall–Kier alpha value is -2.38. The molecular weight excluding hydrogens is 366 g/mol. The van der Waals surface area contributed by atoms with Crippen LogP contribution in [0.4, 0.5) is 0 Å². The monoisotopic (exact) mass is 385 g/mol. The van der Waals surface area contributed by atoms with Crippen molar-refractivity contribution in [3.05, 3.63) is 64.5 Å². The molecule has 0 spiro atoms. The van der Waals surface area contributed by atoms with E-state index in [1.165, 1.54) is 23.1 Å². The molecule has 7 heteroatoms. The molecule has 2 heterocycles. The molecule has 5 nitrogen and oxygen atoms in total. The summed E-state index contributed by atoms with van der Waals surface area (Å²) in [6.07, 6.45) is 1.64. The number of amides is 1. The maximum absolute atomic E-state index is 12.6. The first-order chi connectivity index (χ1) is 12.6. The molecule has 0 aliphatic carbocycles. The molecule has 0 bridgehead atoms. The Balaban J connectivity index is 1.79. The molecule has 3 rings (SSSR count). The molecule has 0 saturated carbocycles. The quantitative estimate of drug-likeness (QED) is 0.610. The summed E-state index contributed by atoms with van der Waals surface area (Å²) < 4.78 is 0. The number of aromatic nitrogens is 2. The molecule has 26 heavy (non-hydrogen) atoms. The Labute approximate surface area is 159 Å². The highest BCUT2D eigenvalue weighted by Crippen LogP contribution is 2.30. The van der Waals surface area contributed by atoms with Gasteiger partial charge in [-0.1, -0.05) is 36.4 Å². The van der Waals surface area contributed by atoms with E-state index in [-0.39, 0.29) is 16.7 Å². The molecule has 1 amide bonds. The van der Waals surface area contributed by atoms with Gasteiger partial charge >= 0.3 is 0 Å². The fraction of sp³-hybridized carbons (Fsp3) is 0.211. The number of rotatable bonds is 7. The maximum Gasteiger partial charge on any atom is 0.260 e. The number of thioether (sulfide) groups is 1. The summed E-state index contributed by atoms with van der Waals surface area (Å²) in [4.78, 5) is 32.6. The number of nitrogens with zero attached hydrogens (tertiary/aromatic N) is 1. The minimum absolute atomic E-state index is 0.0548. The van der Waals surface area contributed by atoms with Crippen LogP contribution in [0.1, 0.15) is 12.7 Å². The summed E-state index contributed by atoms with van der Waals surface area (Å²) in [6, 6.07) is 9.80.